The second-order valence-electron chi connectivity index (χ2n) is 17.1. The molecule has 0 aromatic rings. The van der Waals surface area contributed by atoms with Crippen LogP contribution in [-0.2, 0) is 32.8 Å². The fraction of sp³-hybridized carbons (Fsp3) is 1.00. The van der Waals surface area contributed by atoms with E-state index in [9.17, 15) is 0 Å². The van der Waals surface area contributed by atoms with Gasteiger partial charge < -0.3 is 38.0 Å². The highest BCUT2D eigenvalue weighted by molar-refractivity contribution is 6.74. The van der Waals surface area contributed by atoms with Crippen LogP contribution in [0.2, 0.25) is 18.1 Å². The van der Waals surface area contributed by atoms with Crippen molar-refractivity contribution in [1.82, 2.24) is 0 Å². The quantitative estimate of drug-likeness (QED) is 0.0414. The van der Waals surface area contributed by atoms with Gasteiger partial charge in [0, 0.05) is 20.8 Å². The van der Waals surface area contributed by atoms with Crippen LogP contribution in [0.1, 0.15) is 175 Å². The number of rotatable bonds is 32. The van der Waals surface area contributed by atoms with Gasteiger partial charge in [-0.05, 0) is 75.9 Å². The Morgan fingerprint density at radius 2 is 1.10 bits per heavy atom. The van der Waals surface area contributed by atoms with Gasteiger partial charge in [-0.3, -0.25) is 0 Å². The van der Waals surface area contributed by atoms with Gasteiger partial charge in [-0.25, -0.2) is 0 Å². The number of ether oxygens (including phenoxy) is 6. The molecule has 9 heteroatoms. The number of hydrogen-bond donors (Lipinski definition) is 1. The molecular formula is C42H84O8Si. The highest BCUT2D eigenvalue weighted by Crippen LogP contribution is 2.41. The van der Waals surface area contributed by atoms with Gasteiger partial charge in [0.2, 0.25) is 0 Å². The lowest BCUT2D eigenvalue weighted by Gasteiger charge is -2.41. The van der Waals surface area contributed by atoms with E-state index in [2.05, 4.69) is 40.8 Å². The predicted molar refractivity (Wildman–Crippen MR) is 212 cm³/mol. The predicted octanol–water partition coefficient (Wildman–Crippen LogP) is 10.9. The summed E-state index contributed by atoms with van der Waals surface area (Å²) in [4.78, 5) is 0. The Kier molecular flexibility index (Phi) is 25.3. The lowest BCUT2D eigenvalue weighted by atomic mass is 9.99. The first-order valence-corrected chi connectivity index (χ1v) is 24.3. The number of methoxy groups -OCH3 is 2. The van der Waals surface area contributed by atoms with Crippen molar-refractivity contribution >= 4 is 8.32 Å². The smallest absolute Gasteiger partial charge is 0.192 e. The SMILES string of the molecule is CCCCCCCCCCCC[C@@H](O[Si](C)(C)C(C)(C)C)[C@H]1CC[C@H]([C@H]2CC[C@H]([C@@H](CC[C@@H](CCCCCCCO)OCOC)OCOC)O2)O1. The molecule has 7 atom stereocenters. The summed E-state index contributed by atoms with van der Waals surface area (Å²) in [5.74, 6) is 0. The molecule has 0 amide bonds. The van der Waals surface area contributed by atoms with Crippen molar-refractivity contribution in [3.63, 3.8) is 0 Å². The van der Waals surface area contributed by atoms with Gasteiger partial charge in [-0.2, -0.15) is 0 Å². The van der Waals surface area contributed by atoms with Gasteiger partial charge in [0.05, 0.1) is 42.7 Å². The Bertz CT molecular complexity index is 823. The van der Waals surface area contributed by atoms with Crippen molar-refractivity contribution in [3.05, 3.63) is 0 Å². The molecule has 51 heavy (non-hydrogen) atoms. The second kappa shape index (κ2) is 27.5. The van der Waals surface area contributed by atoms with E-state index in [1.54, 1.807) is 14.2 Å². The van der Waals surface area contributed by atoms with Crippen LogP contribution in [0, 0.1) is 0 Å². The minimum Gasteiger partial charge on any atom is -0.411 e. The van der Waals surface area contributed by atoms with Crippen LogP contribution in [0.25, 0.3) is 0 Å². The summed E-state index contributed by atoms with van der Waals surface area (Å²) in [5.41, 5.74) is 0. The molecule has 304 valence electrons. The average molecular weight is 745 g/mol. The normalized spacial score (nSPS) is 23.2. The summed E-state index contributed by atoms with van der Waals surface area (Å²) in [6, 6.07) is 0. The molecule has 2 aliphatic heterocycles. The third-order valence-electron chi connectivity index (χ3n) is 11.8. The van der Waals surface area contributed by atoms with Gasteiger partial charge in [-0.1, -0.05) is 118 Å². The Balaban J connectivity index is 1.91. The second-order valence-corrected chi connectivity index (χ2v) is 21.9. The summed E-state index contributed by atoms with van der Waals surface area (Å²) in [7, 11) is 1.42. The molecule has 2 fully saturated rings. The topological polar surface area (TPSA) is 84.8 Å². The van der Waals surface area contributed by atoms with Gasteiger partial charge in [0.25, 0.3) is 0 Å². The molecule has 0 aromatic carbocycles. The largest absolute Gasteiger partial charge is 0.411 e. The Hall–Kier alpha value is -0.103. The molecule has 0 unspecified atom stereocenters. The number of unbranched alkanes of at least 4 members (excludes halogenated alkanes) is 13. The summed E-state index contributed by atoms with van der Waals surface area (Å²) < 4.78 is 43.7. The lowest BCUT2D eigenvalue weighted by Crippen LogP contribution is -2.47. The minimum atomic E-state index is -1.94. The third-order valence-corrected chi connectivity index (χ3v) is 16.3. The summed E-state index contributed by atoms with van der Waals surface area (Å²) in [6.07, 6.45) is 27.5. The minimum absolute atomic E-state index is 0.0280. The maximum atomic E-state index is 9.06. The van der Waals surface area contributed by atoms with Crippen LogP contribution < -0.4 is 0 Å². The maximum Gasteiger partial charge on any atom is 0.192 e. The van der Waals surface area contributed by atoms with Crippen LogP contribution in [0.15, 0.2) is 0 Å². The third kappa shape index (κ3) is 19.4. The molecule has 1 N–H and O–H groups in total. The van der Waals surface area contributed by atoms with Crippen LogP contribution in [0.4, 0.5) is 0 Å². The molecular weight excluding hydrogens is 661 g/mol. The lowest BCUT2D eigenvalue weighted by molar-refractivity contribution is -0.149. The van der Waals surface area contributed by atoms with Crippen molar-refractivity contribution in [2.45, 2.75) is 236 Å². The highest BCUT2D eigenvalue weighted by Gasteiger charge is 2.45. The number of aliphatic hydroxyl groups excluding tert-OH is 1. The Morgan fingerprint density at radius 3 is 1.63 bits per heavy atom. The zero-order chi connectivity index (χ0) is 37.4. The molecule has 0 radical (unpaired) electrons. The van der Waals surface area contributed by atoms with Gasteiger partial charge in [0.1, 0.15) is 13.6 Å². The van der Waals surface area contributed by atoms with Crippen molar-refractivity contribution < 1.29 is 38.0 Å². The summed E-state index contributed by atoms with van der Waals surface area (Å²) in [6.45, 7) is 14.9. The number of hydrogen-bond acceptors (Lipinski definition) is 8. The number of aliphatic hydroxyl groups is 1. The first-order chi connectivity index (χ1) is 24.6. The van der Waals surface area contributed by atoms with Crippen LogP contribution in [-0.4, -0.2) is 90.6 Å². The molecule has 0 saturated carbocycles. The van der Waals surface area contributed by atoms with Crippen LogP contribution >= 0.6 is 0 Å². The van der Waals surface area contributed by atoms with Crippen molar-refractivity contribution in [2.75, 3.05) is 34.4 Å². The highest BCUT2D eigenvalue weighted by atomic mass is 28.4. The van der Waals surface area contributed by atoms with Crippen molar-refractivity contribution in [1.29, 1.82) is 0 Å². The molecule has 2 aliphatic rings. The van der Waals surface area contributed by atoms with E-state index in [0.29, 0.717) is 6.79 Å². The van der Waals surface area contributed by atoms with E-state index >= 15 is 0 Å². The molecule has 2 heterocycles. The van der Waals surface area contributed by atoms with Gasteiger partial charge >= 0.3 is 0 Å². The molecule has 0 bridgehead atoms. The monoisotopic (exact) mass is 745 g/mol. The van der Waals surface area contributed by atoms with Gasteiger partial charge in [-0.15, -0.1) is 0 Å². The maximum absolute atomic E-state index is 9.06. The van der Waals surface area contributed by atoms with Crippen LogP contribution in [0.3, 0.4) is 0 Å². The molecule has 0 spiro atoms. The van der Waals surface area contributed by atoms with Crippen LogP contribution in [0.5, 0.6) is 0 Å². The Labute approximate surface area is 316 Å². The Morgan fingerprint density at radius 1 is 0.608 bits per heavy atom. The van der Waals surface area contributed by atoms with E-state index in [1.807, 2.05) is 0 Å². The average Bonchev–Trinajstić information content (AvgIpc) is 3.79. The zero-order valence-corrected chi connectivity index (χ0v) is 35.7. The standard InChI is InChI=1S/C42H84O8Si/c1-9-10-11-12-13-14-15-16-19-22-25-41(50-51(7,8)42(2,3)4)40-31-30-39(49-40)38-29-28-37(48-38)36(47-34-45-6)27-26-35(46-33-44-5)24-21-18-17-20-23-32-43/h35-41,43H,9-34H2,1-8H3/t35-,36-,37-,38-,39-,40-,41-/m1/s1. The fourth-order valence-corrected chi connectivity index (χ4v) is 8.93. The van der Waals surface area contributed by atoms with E-state index in [1.165, 1.54) is 64.2 Å². The zero-order valence-electron chi connectivity index (χ0n) is 34.7. The fourth-order valence-electron chi connectivity index (χ4n) is 7.55. The molecule has 2 rings (SSSR count). The van der Waals surface area contributed by atoms with Crippen molar-refractivity contribution in [3.8, 4) is 0 Å². The van der Waals surface area contributed by atoms with E-state index in [-0.39, 0.29) is 61.2 Å². The van der Waals surface area contributed by atoms with E-state index < -0.39 is 8.32 Å². The first-order valence-electron chi connectivity index (χ1n) is 21.4. The molecule has 0 aliphatic carbocycles. The molecule has 2 saturated heterocycles. The molecule has 0 aromatic heterocycles. The molecule has 8 nitrogen and oxygen atoms in total. The van der Waals surface area contributed by atoms with Crippen molar-refractivity contribution in [2.24, 2.45) is 0 Å². The summed E-state index contributed by atoms with van der Waals surface area (Å²) in [5, 5.41) is 9.23. The first kappa shape index (κ1) is 47.0. The van der Waals surface area contributed by atoms with E-state index in [4.69, 9.17) is 38.0 Å². The van der Waals surface area contributed by atoms with E-state index in [0.717, 1.165) is 83.5 Å². The summed E-state index contributed by atoms with van der Waals surface area (Å²) >= 11 is 0. The van der Waals surface area contributed by atoms with Gasteiger partial charge in [0.15, 0.2) is 8.32 Å².